The van der Waals surface area contributed by atoms with Crippen molar-refractivity contribution in [3.05, 3.63) is 108 Å². The Morgan fingerprint density at radius 2 is 1.17 bits per heavy atom. The molecular weight excluding hydrogens is 294 g/mol. The van der Waals surface area contributed by atoms with Gasteiger partial charge in [-0.3, -0.25) is 5.43 Å². The molecule has 0 amide bonds. The molecule has 1 aliphatic heterocycles. The second kappa shape index (κ2) is 6.50. The van der Waals surface area contributed by atoms with Crippen molar-refractivity contribution < 1.29 is 0 Å². The number of nitrogens with one attached hydrogen (secondary N) is 1. The summed E-state index contributed by atoms with van der Waals surface area (Å²) in [5.74, 6) is 0.710. The first-order valence-corrected chi connectivity index (χ1v) is 7.99. The van der Waals surface area contributed by atoms with Gasteiger partial charge in [-0.05, 0) is 11.1 Å². The molecule has 0 radical (unpaired) electrons. The van der Waals surface area contributed by atoms with Crippen molar-refractivity contribution in [1.29, 1.82) is 0 Å². The molecule has 1 unspecified atom stereocenters. The fraction of sp³-hybridized carbons (Fsp3) is 0.0476. The maximum atomic E-state index is 4.88. The molecule has 0 fully saturated rings. The van der Waals surface area contributed by atoms with Gasteiger partial charge in [0.15, 0.2) is 5.84 Å². The largest absolute Gasteiger partial charge is 0.294 e. The van der Waals surface area contributed by atoms with Crippen molar-refractivity contribution >= 4 is 11.5 Å². The molecular formula is C21H17N3. The van der Waals surface area contributed by atoms with Gasteiger partial charge < -0.3 is 0 Å². The normalized spacial score (nSPS) is 16.8. The maximum Gasteiger partial charge on any atom is 0.179 e. The van der Waals surface area contributed by atoms with Gasteiger partial charge in [-0.2, -0.15) is 5.10 Å². The van der Waals surface area contributed by atoms with Crippen LogP contribution in [0.2, 0.25) is 0 Å². The molecule has 3 aromatic rings. The Morgan fingerprint density at radius 1 is 0.625 bits per heavy atom. The van der Waals surface area contributed by atoms with Gasteiger partial charge >= 0.3 is 0 Å². The first-order chi connectivity index (χ1) is 11.9. The van der Waals surface area contributed by atoms with Crippen LogP contribution in [0.25, 0.3) is 0 Å². The highest BCUT2D eigenvalue weighted by Gasteiger charge is 2.24. The molecule has 0 spiro atoms. The lowest BCUT2D eigenvalue weighted by molar-refractivity contribution is 0.677. The fourth-order valence-electron chi connectivity index (χ4n) is 2.82. The second-order valence-electron chi connectivity index (χ2n) is 5.64. The molecule has 3 nitrogen and oxygen atoms in total. The van der Waals surface area contributed by atoms with Gasteiger partial charge in [-0.25, -0.2) is 4.99 Å². The number of rotatable bonds is 3. The predicted molar refractivity (Wildman–Crippen MR) is 98.3 cm³/mol. The summed E-state index contributed by atoms with van der Waals surface area (Å²) in [6.45, 7) is 0. The Balaban J connectivity index is 1.79. The van der Waals surface area contributed by atoms with E-state index in [-0.39, 0.29) is 6.04 Å². The smallest absolute Gasteiger partial charge is 0.179 e. The quantitative estimate of drug-likeness (QED) is 0.774. The van der Waals surface area contributed by atoms with Gasteiger partial charge in [-0.1, -0.05) is 91.0 Å². The van der Waals surface area contributed by atoms with E-state index < -0.39 is 0 Å². The Bertz CT molecular complexity index is 869. The molecule has 24 heavy (non-hydrogen) atoms. The minimum atomic E-state index is -0.0546. The second-order valence-corrected chi connectivity index (χ2v) is 5.64. The standard InChI is InChI=1S/C21H17N3/c1-4-10-16(11-5-1)19-20(17-12-6-2-7-13-17)23-24-21(22-19)18-14-8-3-9-15-18/h1-15,20,23H. The zero-order chi connectivity index (χ0) is 16.2. The molecule has 1 heterocycles. The molecule has 1 aliphatic rings. The van der Waals surface area contributed by atoms with Gasteiger partial charge in [0.2, 0.25) is 0 Å². The summed E-state index contributed by atoms with van der Waals surface area (Å²) in [5, 5.41) is 4.51. The van der Waals surface area contributed by atoms with E-state index in [4.69, 9.17) is 4.99 Å². The molecule has 0 saturated heterocycles. The van der Waals surface area contributed by atoms with Crippen LogP contribution < -0.4 is 5.43 Å². The van der Waals surface area contributed by atoms with E-state index in [1.807, 2.05) is 66.7 Å². The first kappa shape index (κ1) is 14.4. The minimum Gasteiger partial charge on any atom is -0.294 e. The lowest BCUT2D eigenvalue weighted by atomic mass is 9.96. The first-order valence-electron chi connectivity index (χ1n) is 7.99. The van der Waals surface area contributed by atoms with Crippen molar-refractivity contribution in [2.75, 3.05) is 0 Å². The van der Waals surface area contributed by atoms with Crippen molar-refractivity contribution in [2.24, 2.45) is 10.1 Å². The number of hydrogen-bond donors (Lipinski definition) is 1. The fourth-order valence-corrected chi connectivity index (χ4v) is 2.82. The highest BCUT2D eigenvalue weighted by molar-refractivity contribution is 6.15. The van der Waals surface area contributed by atoms with Gasteiger partial charge in [0, 0.05) is 5.56 Å². The van der Waals surface area contributed by atoms with Crippen LogP contribution in [0.5, 0.6) is 0 Å². The van der Waals surface area contributed by atoms with Crippen molar-refractivity contribution in [2.45, 2.75) is 6.04 Å². The number of nitrogens with zero attached hydrogens (tertiary/aromatic N) is 2. The number of amidine groups is 1. The average Bonchev–Trinajstić information content (AvgIpc) is 2.69. The number of aliphatic imine (C=N–C) groups is 1. The van der Waals surface area contributed by atoms with Crippen LogP contribution >= 0.6 is 0 Å². The zero-order valence-electron chi connectivity index (χ0n) is 13.1. The summed E-state index contributed by atoms with van der Waals surface area (Å²) >= 11 is 0. The molecule has 1 atom stereocenters. The highest BCUT2D eigenvalue weighted by atomic mass is 15.3. The van der Waals surface area contributed by atoms with Crippen LogP contribution in [0.1, 0.15) is 22.7 Å². The van der Waals surface area contributed by atoms with Crippen molar-refractivity contribution in [3.8, 4) is 0 Å². The number of hydrazone groups is 1. The van der Waals surface area contributed by atoms with E-state index in [0.29, 0.717) is 5.84 Å². The number of benzene rings is 3. The summed E-state index contributed by atoms with van der Waals surface area (Å²) in [6.07, 6.45) is 0. The summed E-state index contributed by atoms with van der Waals surface area (Å²) in [6, 6.07) is 30.5. The van der Waals surface area contributed by atoms with E-state index in [9.17, 15) is 0 Å². The van der Waals surface area contributed by atoms with E-state index in [2.05, 4.69) is 34.8 Å². The van der Waals surface area contributed by atoms with Gasteiger partial charge in [-0.15, -0.1) is 0 Å². The molecule has 0 saturated carbocycles. The molecule has 0 aromatic heterocycles. The van der Waals surface area contributed by atoms with Gasteiger partial charge in [0.25, 0.3) is 0 Å². The Hall–Kier alpha value is -3.20. The van der Waals surface area contributed by atoms with E-state index in [1.165, 1.54) is 0 Å². The molecule has 3 heteroatoms. The van der Waals surface area contributed by atoms with E-state index >= 15 is 0 Å². The lowest BCUT2D eigenvalue weighted by Crippen LogP contribution is -2.31. The molecule has 1 N–H and O–H groups in total. The van der Waals surface area contributed by atoms with Crippen LogP contribution in [0.4, 0.5) is 0 Å². The average molecular weight is 311 g/mol. The topological polar surface area (TPSA) is 36.8 Å². The Kier molecular flexibility index (Phi) is 3.90. The third-order valence-electron chi connectivity index (χ3n) is 4.03. The third kappa shape index (κ3) is 2.84. The zero-order valence-corrected chi connectivity index (χ0v) is 13.1. The van der Waals surface area contributed by atoms with Gasteiger partial charge in [0.05, 0.1) is 5.71 Å². The van der Waals surface area contributed by atoms with Gasteiger partial charge in [0.1, 0.15) is 6.04 Å². The maximum absolute atomic E-state index is 4.88. The van der Waals surface area contributed by atoms with Crippen LogP contribution in [0.15, 0.2) is 101 Å². The third-order valence-corrected chi connectivity index (χ3v) is 4.03. The van der Waals surface area contributed by atoms with Crippen LogP contribution in [-0.2, 0) is 0 Å². The van der Waals surface area contributed by atoms with Crippen LogP contribution in [0, 0.1) is 0 Å². The molecule has 3 aromatic carbocycles. The minimum absolute atomic E-state index is 0.0546. The SMILES string of the molecule is c1ccc(C2=NNC(c3ccccc3)C(c3ccccc3)=N2)cc1. The van der Waals surface area contributed by atoms with Crippen LogP contribution in [-0.4, -0.2) is 11.5 Å². The van der Waals surface area contributed by atoms with E-state index in [0.717, 1.165) is 22.4 Å². The molecule has 4 rings (SSSR count). The van der Waals surface area contributed by atoms with E-state index in [1.54, 1.807) is 0 Å². The lowest BCUT2D eigenvalue weighted by Gasteiger charge is -2.24. The highest BCUT2D eigenvalue weighted by Crippen LogP contribution is 2.23. The van der Waals surface area contributed by atoms with Crippen molar-refractivity contribution in [3.63, 3.8) is 0 Å². The summed E-state index contributed by atoms with van der Waals surface area (Å²) in [7, 11) is 0. The summed E-state index contributed by atoms with van der Waals surface area (Å²) < 4.78 is 0. The van der Waals surface area contributed by atoms with Crippen LogP contribution in [0.3, 0.4) is 0 Å². The molecule has 0 bridgehead atoms. The monoisotopic (exact) mass is 311 g/mol. The summed E-state index contributed by atoms with van der Waals surface area (Å²) in [5.41, 5.74) is 7.52. The predicted octanol–water partition coefficient (Wildman–Crippen LogP) is 4.18. The molecule has 116 valence electrons. The molecule has 0 aliphatic carbocycles. The Morgan fingerprint density at radius 3 is 1.79 bits per heavy atom. The Labute approximate surface area is 141 Å². The number of hydrogen-bond acceptors (Lipinski definition) is 3. The van der Waals surface area contributed by atoms with Crippen molar-refractivity contribution in [1.82, 2.24) is 5.43 Å². The summed E-state index contributed by atoms with van der Waals surface area (Å²) in [4.78, 5) is 4.88.